The van der Waals surface area contributed by atoms with Crippen LogP contribution in [0.4, 0.5) is 0 Å². The third-order valence-electron chi connectivity index (χ3n) is 3.47. The zero-order valence-electron chi connectivity index (χ0n) is 11.4. The number of benzene rings is 1. The molecule has 1 aromatic rings. The molecule has 0 aliphatic carbocycles. The molecule has 2 atom stereocenters. The van der Waals surface area contributed by atoms with Crippen LogP contribution in [0.3, 0.4) is 0 Å². The molecule has 1 aliphatic rings. The molecule has 1 fully saturated rings. The summed E-state index contributed by atoms with van der Waals surface area (Å²) in [7, 11) is 0. The van der Waals surface area contributed by atoms with Crippen molar-refractivity contribution in [1.82, 2.24) is 5.32 Å². The van der Waals surface area contributed by atoms with E-state index in [1.165, 1.54) is 5.56 Å². The summed E-state index contributed by atoms with van der Waals surface area (Å²) in [4.78, 5) is 12.1. The van der Waals surface area contributed by atoms with Gasteiger partial charge in [-0.3, -0.25) is 4.79 Å². The highest BCUT2D eigenvalue weighted by atomic mass is 16.5. The average Bonchev–Trinajstić information content (AvgIpc) is 2.40. The van der Waals surface area contributed by atoms with Gasteiger partial charge in [0.2, 0.25) is 0 Å². The number of ether oxygens (including phenoxy) is 1. The van der Waals surface area contributed by atoms with E-state index in [2.05, 4.69) is 5.32 Å². The maximum atomic E-state index is 12.1. The van der Waals surface area contributed by atoms with Crippen molar-refractivity contribution in [3.05, 3.63) is 35.4 Å². The summed E-state index contributed by atoms with van der Waals surface area (Å²) in [6.07, 6.45) is 2.85. The monoisotopic (exact) mass is 262 g/mol. The quantitative estimate of drug-likeness (QED) is 0.864. The molecule has 2 rings (SSSR count). The van der Waals surface area contributed by atoms with E-state index in [1.54, 1.807) is 0 Å². The van der Waals surface area contributed by atoms with E-state index < -0.39 is 0 Å². The number of hydrogen-bond donors (Lipinski definition) is 2. The number of rotatable bonds is 4. The summed E-state index contributed by atoms with van der Waals surface area (Å²) in [6, 6.07) is 7.88. The average molecular weight is 262 g/mol. The summed E-state index contributed by atoms with van der Waals surface area (Å²) in [5, 5.41) is 3.07. The summed E-state index contributed by atoms with van der Waals surface area (Å²) in [5.74, 6) is -0.00148. The second kappa shape index (κ2) is 6.68. The van der Waals surface area contributed by atoms with Crippen molar-refractivity contribution in [2.75, 3.05) is 13.2 Å². The molecule has 3 N–H and O–H groups in total. The van der Waals surface area contributed by atoms with Crippen molar-refractivity contribution in [1.29, 1.82) is 0 Å². The lowest BCUT2D eigenvalue weighted by Crippen LogP contribution is -2.41. The van der Waals surface area contributed by atoms with Crippen LogP contribution in [-0.2, 0) is 11.2 Å². The van der Waals surface area contributed by atoms with Crippen LogP contribution < -0.4 is 11.1 Å². The van der Waals surface area contributed by atoms with Crippen LogP contribution in [0.25, 0.3) is 0 Å². The van der Waals surface area contributed by atoms with Gasteiger partial charge in [-0.05, 0) is 50.4 Å². The number of hydrogen-bond acceptors (Lipinski definition) is 3. The molecule has 2 unspecified atom stereocenters. The molecule has 19 heavy (non-hydrogen) atoms. The minimum atomic E-state index is -0.00148. The van der Waals surface area contributed by atoms with Crippen molar-refractivity contribution in [3.63, 3.8) is 0 Å². The Morgan fingerprint density at radius 2 is 2.16 bits per heavy atom. The maximum Gasteiger partial charge on any atom is 0.251 e. The lowest BCUT2D eigenvalue weighted by Gasteiger charge is -2.27. The first-order valence-corrected chi connectivity index (χ1v) is 6.90. The minimum absolute atomic E-state index is 0.00148. The van der Waals surface area contributed by atoms with E-state index in [0.717, 1.165) is 25.9 Å². The van der Waals surface area contributed by atoms with Crippen molar-refractivity contribution in [3.8, 4) is 0 Å². The molecule has 4 nitrogen and oxygen atoms in total. The van der Waals surface area contributed by atoms with Gasteiger partial charge in [0.1, 0.15) is 0 Å². The van der Waals surface area contributed by atoms with Crippen LogP contribution in [0.1, 0.15) is 35.7 Å². The van der Waals surface area contributed by atoms with Crippen molar-refractivity contribution in [2.24, 2.45) is 5.73 Å². The molecule has 4 heteroatoms. The number of nitrogens with two attached hydrogens (primary N) is 1. The summed E-state index contributed by atoms with van der Waals surface area (Å²) in [5.41, 5.74) is 7.38. The molecule has 0 aromatic heterocycles. The first kappa shape index (κ1) is 14.0. The largest absolute Gasteiger partial charge is 0.378 e. The Hall–Kier alpha value is -1.39. The predicted molar refractivity (Wildman–Crippen MR) is 75.1 cm³/mol. The minimum Gasteiger partial charge on any atom is -0.378 e. The van der Waals surface area contributed by atoms with Crippen molar-refractivity contribution >= 4 is 5.91 Å². The molecule has 0 saturated carbocycles. The third-order valence-corrected chi connectivity index (χ3v) is 3.47. The van der Waals surface area contributed by atoms with Gasteiger partial charge in [-0.2, -0.15) is 0 Å². The first-order valence-electron chi connectivity index (χ1n) is 6.90. The van der Waals surface area contributed by atoms with Crippen LogP contribution in [0, 0.1) is 0 Å². The second-order valence-electron chi connectivity index (χ2n) is 5.11. The zero-order valence-corrected chi connectivity index (χ0v) is 11.4. The third kappa shape index (κ3) is 4.04. The predicted octanol–water partition coefficient (Wildman–Crippen LogP) is 1.49. The molecule has 0 bridgehead atoms. The molecule has 104 valence electrons. The number of carbonyl (C=O) groups excluding carboxylic acids is 1. The van der Waals surface area contributed by atoms with E-state index in [4.69, 9.17) is 10.5 Å². The second-order valence-corrected chi connectivity index (χ2v) is 5.11. The molecular weight excluding hydrogens is 240 g/mol. The Kier molecular flexibility index (Phi) is 4.93. The molecular formula is C15H22N2O2. The summed E-state index contributed by atoms with van der Waals surface area (Å²) < 4.78 is 5.47. The summed E-state index contributed by atoms with van der Waals surface area (Å²) in [6.45, 7) is 3.40. The molecule has 1 aromatic carbocycles. The summed E-state index contributed by atoms with van der Waals surface area (Å²) >= 11 is 0. The van der Waals surface area contributed by atoms with Crippen LogP contribution in [-0.4, -0.2) is 31.2 Å². The molecule has 1 saturated heterocycles. The Bertz CT molecular complexity index is 417. The fraction of sp³-hybridized carbons (Fsp3) is 0.533. The van der Waals surface area contributed by atoms with Gasteiger partial charge < -0.3 is 15.8 Å². The SMILES string of the molecule is CC1CC(NC(=O)c2ccc(CCN)cc2)CCO1. The van der Waals surface area contributed by atoms with Gasteiger partial charge >= 0.3 is 0 Å². The first-order chi connectivity index (χ1) is 9.19. The Morgan fingerprint density at radius 3 is 2.79 bits per heavy atom. The topological polar surface area (TPSA) is 64.4 Å². The number of carbonyl (C=O) groups is 1. The van der Waals surface area contributed by atoms with Gasteiger partial charge in [-0.1, -0.05) is 12.1 Å². The van der Waals surface area contributed by atoms with E-state index >= 15 is 0 Å². The molecule has 1 amide bonds. The smallest absolute Gasteiger partial charge is 0.251 e. The fourth-order valence-electron chi connectivity index (χ4n) is 2.39. The Labute approximate surface area is 114 Å². The highest BCUT2D eigenvalue weighted by Crippen LogP contribution is 2.14. The Morgan fingerprint density at radius 1 is 1.42 bits per heavy atom. The maximum absolute atomic E-state index is 12.1. The lowest BCUT2D eigenvalue weighted by molar-refractivity contribution is 0.0136. The highest BCUT2D eigenvalue weighted by molar-refractivity contribution is 5.94. The van der Waals surface area contributed by atoms with Gasteiger partial charge in [0, 0.05) is 18.2 Å². The van der Waals surface area contributed by atoms with Gasteiger partial charge in [0.25, 0.3) is 5.91 Å². The van der Waals surface area contributed by atoms with E-state index in [0.29, 0.717) is 12.1 Å². The fourth-order valence-corrected chi connectivity index (χ4v) is 2.39. The molecule has 1 aliphatic heterocycles. The van der Waals surface area contributed by atoms with E-state index in [1.807, 2.05) is 31.2 Å². The van der Waals surface area contributed by atoms with E-state index in [9.17, 15) is 4.79 Å². The lowest BCUT2D eigenvalue weighted by atomic mass is 10.0. The van der Waals surface area contributed by atoms with Gasteiger partial charge in [-0.25, -0.2) is 0 Å². The number of nitrogens with one attached hydrogen (secondary N) is 1. The molecule has 0 spiro atoms. The van der Waals surface area contributed by atoms with E-state index in [-0.39, 0.29) is 18.1 Å². The van der Waals surface area contributed by atoms with Crippen LogP contribution >= 0.6 is 0 Å². The van der Waals surface area contributed by atoms with Gasteiger partial charge in [-0.15, -0.1) is 0 Å². The molecule has 0 radical (unpaired) electrons. The molecule has 1 heterocycles. The van der Waals surface area contributed by atoms with Crippen molar-refractivity contribution < 1.29 is 9.53 Å². The Balaban J connectivity index is 1.91. The van der Waals surface area contributed by atoms with Crippen molar-refractivity contribution in [2.45, 2.75) is 38.3 Å². The normalized spacial score (nSPS) is 23.1. The van der Waals surface area contributed by atoms with Crippen LogP contribution in [0.15, 0.2) is 24.3 Å². The van der Waals surface area contributed by atoms with Gasteiger partial charge in [0.15, 0.2) is 0 Å². The standard InChI is InChI=1S/C15H22N2O2/c1-11-10-14(7-9-19-11)17-15(18)13-4-2-12(3-5-13)6-8-16/h2-5,11,14H,6-10,16H2,1H3,(H,17,18). The van der Waals surface area contributed by atoms with Crippen LogP contribution in [0.2, 0.25) is 0 Å². The van der Waals surface area contributed by atoms with Gasteiger partial charge in [0.05, 0.1) is 6.10 Å². The zero-order chi connectivity index (χ0) is 13.7. The van der Waals surface area contributed by atoms with Crippen LogP contribution in [0.5, 0.6) is 0 Å². The number of amides is 1. The highest BCUT2D eigenvalue weighted by Gasteiger charge is 2.21.